The molecule has 66 valence electrons. The maximum absolute atomic E-state index is 10.7. The number of hydrogen-bond donors (Lipinski definition) is 1. The van der Waals surface area contributed by atoms with Crippen LogP contribution in [0.4, 0.5) is 0 Å². The van der Waals surface area contributed by atoms with Crippen LogP contribution >= 0.6 is 0 Å². The van der Waals surface area contributed by atoms with E-state index in [2.05, 4.69) is 17.3 Å². The fraction of sp³-hybridized carbons (Fsp3) is 0.667. The van der Waals surface area contributed by atoms with Crippen LogP contribution in [0.15, 0.2) is 0 Å². The molecule has 3 heteroatoms. The second-order valence-corrected chi connectivity index (χ2v) is 3.13. The van der Waals surface area contributed by atoms with Crippen molar-refractivity contribution in [2.24, 2.45) is 0 Å². The maximum atomic E-state index is 10.7. The highest BCUT2D eigenvalue weighted by Gasteiger charge is 2.20. The van der Waals surface area contributed by atoms with Crippen molar-refractivity contribution in [3.05, 3.63) is 0 Å². The normalized spacial score (nSPS) is 23.5. The van der Waals surface area contributed by atoms with E-state index < -0.39 is 0 Å². The van der Waals surface area contributed by atoms with E-state index in [4.69, 9.17) is 6.42 Å². The van der Waals surface area contributed by atoms with E-state index >= 15 is 0 Å². The van der Waals surface area contributed by atoms with Gasteiger partial charge in [-0.1, -0.05) is 0 Å². The average Bonchev–Trinajstić information content (AvgIpc) is 2.47. The van der Waals surface area contributed by atoms with Crippen LogP contribution in [0.1, 0.15) is 12.8 Å². The smallest absolute Gasteiger partial charge is 0.295 e. The fourth-order valence-corrected chi connectivity index (χ4v) is 1.50. The van der Waals surface area contributed by atoms with Crippen molar-refractivity contribution in [1.29, 1.82) is 0 Å². The summed E-state index contributed by atoms with van der Waals surface area (Å²) in [6.45, 7) is 1.80. The summed E-state index contributed by atoms with van der Waals surface area (Å²) >= 11 is 0. The number of rotatable bonds is 2. The molecule has 1 heterocycles. The van der Waals surface area contributed by atoms with Crippen molar-refractivity contribution in [3.63, 3.8) is 0 Å². The number of hydrogen-bond acceptors (Lipinski definition) is 2. The summed E-state index contributed by atoms with van der Waals surface area (Å²) < 4.78 is 0. The maximum Gasteiger partial charge on any atom is 0.295 e. The Balaban J connectivity index is 2.23. The number of carbonyl (C=O) groups excluding carboxylic acids is 1. The number of amides is 1. The van der Waals surface area contributed by atoms with Gasteiger partial charge < -0.3 is 10.2 Å². The van der Waals surface area contributed by atoms with E-state index in [1.807, 2.05) is 5.92 Å². The molecule has 0 saturated carbocycles. The van der Waals surface area contributed by atoms with Gasteiger partial charge in [-0.05, 0) is 32.4 Å². The molecular weight excluding hydrogens is 152 g/mol. The molecule has 0 radical (unpaired) electrons. The van der Waals surface area contributed by atoms with Crippen molar-refractivity contribution < 1.29 is 4.79 Å². The molecule has 0 aromatic carbocycles. The molecule has 1 atom stereocenters. The highest BCUT2D eigenvalue weighted by Crippen LogP contribution is 2.13. The molecule has 1 unspecified atom stereocenters. The molecule has 0 spiro atoms. The monoisotopic (exact) mass is 166 g/mol. The summed E-state index contributed by atoms with van der Waals surface area (Å²) in [4.78, 5) is 13.0. The van der Waals surface area contributed by atoms with E-state index in [-0.39, 0.29) is 5.91 Å². The molecule has 0 aliphatic carbocycles. The molecular formula is C9H14N2O. The third-order valence-electron chi connectivity index (χ3n) is 2.30. The Hall–Kier alpha value is -1.01. The van der Waals surface area contributed by atoms with Crippen LogP contribution in [-0.4, -0.2) is 37.0 Å². The first kappa shape index (κ1) is 9.08. The van der Waals surface area contributed by atoms with Crippen molar-refractivity contribution in [2.45, 2.75) is 18.9 Å². The Kier molecular flexibility index (Phi) is 3.12. The lowest BCUT2D eigenvalue weighted by Gasteiger charge is -2.18. The van der Waals surface area contributed by atoms with E-state index in [0.717, 1.165) is 13.0 Å². The summed E-state index contributed by atoms with van der Waals surface area (Å²) in [6, 6.07) is 0.474. The van der Waals surface area contributed by atoms with Crippen molar-refractivity contribution in [3.8, 4) is 12.3 Å². The van der Waals surface area contributed by atoms with Gasteiger partial charge in [0, 0.05) is 12.6 Å². The number of nitrogens with zero attached hydrogens (tertiary/aromatic N) is 1. The van der Waals surface area contributed by atoms with Gasteiger partial charge in [0.1, 0.15) is 0 Å². The molecule has 1 amide bonds. The summed E-state index contributed by atoms with van der Waals surface area (Å²) in [7, 11) is 2.07. The van der Waals surface area contributed by atoms with Gasteiger partial charge in [0.25, 0.3) is 5.91 Å². The Morgan fingerprint density at radius 3 is 3.08 bits per heavy atom. The minimum atomic E-state index is -0.310. The van der Waals surface area contributed by atoms with Crippen LogP contribution in [0.5, 0.6) is 0 Å². The van der Waals surface area contributed by atoms with Gasteiger partial charge in [-0.15, -0.1) is 6.42 Å². The van der Waals surface area contributed by atoms with Crippen LogP contribution in [0.25, 0.3) is 0 Å². The standard InChI is InChI=1S/C9H14N2O/c1-3-9(12)10-7-8-5-4-6-11(8)2/h1,8H,4-7H2,2H3,(H,10,12). The third kappa shape index (κ3) is 2.24. The molecule has 1 N–H and O–H groups in total. The molecule has 1 aliphatic heterocycles. The minimum absolute atomic E-state index is 0.310. The van der Waals surface area contributed by atoms with E-state index in [1.54, 1.807) is 0 Å². The zero-order valence-electron chi connectivity index (χ0n) is 7.34. The molecule has 1 fully saturated rings. The lowest BCUT2D eigenvalue weighted by Crippen LogP contribution is -2.37. The molecule has 0 aromatic heterocycles. The Bertz CT molecular complexity index is 207. The number of likely N-dealkylation sites (N-methyl/N-ethyl adjacent to an activating group) is 1. The van der Waals surface area contributed by atoms with Crippen LogP contribution in [0.3, 0.4) is 0 Å². The lowest BCUT2D eigenvalue weighted by molar-refractivity contribution is -0.115. The van der Waals surface area contributed by atoms with E-state index in [1.165, 1.54) is 6.42 Å². The highest BCUT2D eigenvalue weighted by molar-refractivity contribution is 5.92. The summed E-state index contributed by atoms with van der Waals surface area (Å²) in [5.74, 6) is 1.73. The van der Waals surface area contributed by atoms with Gasteiger partial charge >= 0.3 is 0 Å². The highest BCUT2D eigenvalue weighted by atomic mass is 16.1. The number of carbonyl (C=O) groups is 1. The quantitative estimate of drug-likeness (QED) is 0.578. The molecule has 12 heavy (non-hydrogen) atoms. The summed E-state index contributed by atoms with van der Waals surface area (Å²) in [5, 5.41) is 2.69. The molecule has 0 aromatic rings. The second-order valence-electron chi connectivity index (χ2n) is 3.13. The van der Waals surface area contributed by atoms with Crippen LogP contribution in [0, 0.1) is 12.3 Å². The first-order chi connectivity index (χ1) is 5.74. The molecule has 1 aliphatic rings. The summed E-state index contributed by atoms with van der Waals surface area (Å²) in [6.07, 6.45) is 7.29. The second kappa shape index (κ2) is 4.13. The van der Waals surface area contributed by atoms with E-state index in [0.29, 0.717) is 12.6 Å². The molecule has 1 rings (SSSR count). The van der Waals surface area contributed by atoms with Gasteiger partial charge in [0.2, 0.25) is 0 Å². The fourth-order valence-electron chi connectivity index (χ4n) is 1.50. The Morgan fingerprint density at radius 2 is 2.58 bits per heavy atom. The third-order valence-corrected chi connectivity index (χ3v) is 2.30. The SMILES string of the molecule is C#CC(=O)NCC1CCCN1C. The topological polar surface area (TPSA) is 32.3 Å². The van der Waals surface area contributed by atoms with Crippen molar-refractivity contribution in [1.82, 2.24) is 10.2 Å². The zero-order valence-corrected chi connectivity index (χ0v) is 7.34. The predicted molar refractivity (Wildman–Crippen MR) is 47.5 cm³/mol. The Morgan fingerprint density at radius 1 is 1.83 bits per heavy atom. The predicted octanol–water partition coefficient (Wildman–Crippen LogP) is -0.170. The van der Waals surface area contributed by atoms with Gasteiger partial charge in [0.05, 0.1) is 0 Å². The van der Waals surface area contributed by atoms with Crippen LogP contribution in [-0.2, 0) is 4.79 Å². The van der Waals surface area contributed by atoms with Gasteiger partial charge in [0.15, 0.2) is 0 Å². The van der Waals surface area contributed by atoms with Gasteiger partial charge in [-0.2, -0.15) is 0 Å². The number of nitrogens with one attached hydrogen (secondary N) is 1. The molecule has 1 saturated heterocycles. The van der Waals surface area contributed by atoms with Gasteiger partial charge in [-0.25, -0.2) is 0 Å². The average molecular weight is 166 g/mol. The molecule has 3 nitrogen and oxygen atoms in total. The van der Waals surface area contributed by atoms with Crippen LogP contribution in [0.2, 0.25) is 0 Å². The first-order valence-corrected chi connectivity index (χ1v) is 4.18. The lowest BCUT2D eigenvalue weighted by atomic mass is 10.2. The van der Waals surface area contributed by atoms with Crippen molar-refractivity contribution >= 4 is 5.91 Å². The molecule has 0 bridgehead atoms. The van der Waals surface area contributed by atoms with E-state index in [9.17, 15) is 4.79 Å². The first-order valence-electron chi connectivity index (χ1n) is 4.18. The number of terminal acetylenes is 1. The zero-order chi connectivity index (χ0) is 8.97. The van der Waals surface area contributed by atoms with Gasteiger partial charge in [-0.3, -0.25) is 4.79 Å². The van der Waals surface area contributed by atoms with Crippen LogP contribution < -0.4 is 5.32 Å². The largest absolute Gasteiger partial charge is 0.344 e. The number of likely N-dealkylation sites (tertiary alicyclic amines) is 1. The Labute approximate surface area is 73.1 Å². The van der Waals surface area contributed by atoms with Crippen molar-refractivity contribution in [2.75, 3.05) is 20.1 Å². The minimum Gasteiger partial charge on any atom is -0.344 e. The summed E-state index contributed by atoms with van der Waals surface area (Å²) in [5.41, 5.74) is 0.